The number of fused-ring (bicyclic) bond motifs is 2. The van der Waals surface area contributed by atoms with Crippen LogP contribution in [0.4, 0.5) is 24.1 Å². The Bertz CT molecular complexity index is 2120. The molecular formula is C37H52BrF2N7O10S2Y11. The number of benzene rings is 2. The molecule has 0 aliphatic carbocycles. The molecule has 4 aliphatic heterocycles. The van der Waals surface area contributed by atoms with Crippen LogP contribution in [0.15, 0.2) is 50.9 Å². The Labute approximate surface area is 697 Å². The Morgan fingerprint density at radius 2 is 1.00 bits per heavy atom. The van der Waals surface area contributed by atoms with Gasteiger partial charge in [-0.1, -0.05) is 23.4 Å². The van der Waals surface area contributed by atoms with E-state index >= 15 is 0 Å². The van der Waals surface area contributed by atoms with Gasteiger partial charge in [0.15, 0.2) is 0 Å². The van der Waals surface area contributed by atoms with E-state index in [2.05, 4.69) is 36.5 Å². The van der Waals surface area contributed by atoms with Gasteiger partial charge >= 0.3 is 12.2 Å². The van der Waals surface area contributed by atoms with Crippen LogP contribution in [-0.2, 0) is 410 Å². The average molecular weight is 1910 g/mol. The number of ether oxygens (including phenoxy) is 4. The molecule has 2 amide bonds. The van der Waals surface area contributed by atoms with E-state index in [0.29, 0.717) is 4.47 Å². The SMILES string of the molecule is C.CN1C(NC(=O)OC(C)(C)C)=N[C@@]2(c3cc(Br)ccc3F)CCOCC2S1(=O)=O.CN1C(NC(=O)OC(C)(C)C)=N[C@@]2(c3cc(N)ccc3F)CCOCC2S1(=O)=O.[Y].[Y].[Y].[Y].[Y].[Y].[Y].[Y].[Y].[Y].[Y]. The minimum atomic E-state index is -4.04. The molecule has 0 spiro atoms. The molecule has 2 saturated heterocycles. The summed E-state index contributed by atoms with van der Waals surface area (Å²) in [6.07, 6.45) is -1.48. The predicted octanol–water partition coefficient (Wildman–Crippen LogP) is 4.88. The molecule has 4 atom stereocenters. The Balaban J connectivity index is -0.000000156. The number of alkyl carbamates (subject to hydrolysis) is 2. The molecule has 2 unspecified atom stereocenters. The molecule has 2 fully saturated rings. The minimum Gasteiger partial charge on any atom is -0.444 e. The normalized spacial score (nSPS) is 21.8. The summed E-state index contributed by atoms with van der Waals surface area (Å²) in [5, 5.41) is 2.48. The number of guanidine groups is 2. The van der Waals surface area contributed by atoms with Crippen molar-refractivity contribution < 1.29 is 414 Å². The van der Waals surface area contributed by atoms with Gasteiger partial charge in [0.25, 0.3) is 0 Å². The number of anilines is 1. The molecule has 70 heavy (non-hydrogen) atoms. The van der Waals surface area contributed by atoms with Gasteiger partial charge in [0, 0.05) is 421 Å². The average Bonchev–Trinajstić information content (AvgIpc) is 3.10. The van der Waals surface area contributed by atoms with Crippen molar-refractivity contribution in [3.05, 3.63) is 63.6 Å². The van der Waals surface area contributed by atoms with E-state index in [-0.39, 0.29) is 435 Å². The number of nitrogens with one attached hydrogen (secondary N) is 2. The van der Waals surface area contributed by atoms with Crippen LogP contribution in [0, 0.1) is 11.6 Å². The Morgan fingerprint density at radius 1 is 0.671 bits per heavy atom. The maximum absolute atomic E-state index is 14.8. The molecule has 4 N–H and O–H groups in total. The molecule has 4 aliphatic rings. The fourth-order valence-corrected chi connectivity index (χ4v) is 10.8. The molecule has 2 aromatic rings. The predicted molar refractivity (Wildman–Crippen MR) is 220 cm³/mol. The number of carbonyl (C=O) groups excluding carboxylic acids is 2. The number of amides is 2. The fourth-order valence-electron chi connectivity index (χ4n) is 6.94. The minimum absolute atomic E-state index is 0. The number of nitrogens with zero attached hydrogens (tertiary/aromatic N) is 4. The number of rotatable bonds is 2. The van der Waals surface area contributed by atoms with E-state index in [4.69, 9.17) is 24.7 Å². The summed E-state index contributed by atoms with van der Waals surface area (Å²) in [6, 6.07) is 8.23. The second-order valence-corrected chi connectivity index (χ2v) is 21.2. The van der Waals surface area contributed by atoms with Crippen molar-refractivity contribution in [1.82, 2.24) is 19.2 Å². The second-order valence-electron chi connectivity index (χ2n) is 16.0. The first-order chi connectivity index (χ1) is 26.7. The van der Waals surface area contributed by atoms with Crippen molar-refractivity contribution in [2.45, 2.75) is 94.6 Å². The Kier molecular flexibility index (Phi) is 53.4. The van der Waals surface area contributed by atoms with E-state index in [1.165, 1.54) is 50.5 Å². The molecule has 33 heteroatoms. The molecule has 4 heterocycles. The second kappa shape index (κ2) is 39.6. The number of nitrogen functional groups attached to an aromatic ring is 1. The van der Waals surface area contributed by atoms with E-state index in [1.54, 1.807) is 41.5 Å². The van der Waals surface area contributed by atoms with Gasteiger partial charge in [-0.3, -0.25) is 10.6 Å². The summed E-state index contributed by atoms with van der Waals surface area (Å²) in [5.41, 5.74) is 1.76. The van der Waals surface area contributed by atoms with Crippen LogP contribution in [0.3, 0.4) is 0 Å². The van der Waals surface area contributed by atoms with Crippen LogP contribution >= 0.6 is 15.9 Å². The number of hydrogen-bond donors (Lipinski definition) is 3. The van der Waals surface area contributed by atoms with Gasteiger partial charge in [-0.2, -0.15) is 0 Å². The van der Waals surface area contributed by atoms with E-state index < -0.39 is 76.6 Å². The first kappa shape index (κ1) is 94.4. The molecule has 17 nitrogen and oxygen atoms in total. The molecule has 2 aromatic carbocycles. The quantitative estimate of drug-likeness (QED) is 0.344. The summed E-state index contributed by atoms with van der Waals surface area (Å²) in [5.74, 6) is -1.69. The number of aliphatic imine (C=N–C) groups is 2. The van der Waals surface area contributed by atoms with Crippen molar-refractivity contribution in [3.63, 3.8) is 0 Å². The maximum atomic E-state index is 14.8. The summed E-state index contributed by atoms with van der Waals surface area (Å²) >= 11 is 3.31. The molecule has 6 rings (SSSR count). The monoisotopic (exact) mass is 1910 g/mol. The van der Waals surface area contributed by atoms with Crippen LogP contribution in [0.2, 0.25) is 0 Å². The fraction of sp³-hybridized carbons (Fsp3) is 0.568. The summed E-state index contributed by atoms with van der Waals surface area (Å²) in [4.78, 5) is 33.6. The van der Waals surface area contributed by atoms with Gasteiger partial charge in [0.1, 0.15) is 44.4 Å². The zero-order valence-corrected chi connectivity index (χ0v) is 74.1. The molecular weight excluding hydrogens is 1860 g/mol. The molecule has 0 bridgehead atoms. The number of sulfonamides is 2. The van der Waals surface area contributed by atoms with E-state index in [1.807, 2.05) is 0 Å². The van der Waals surface area contributed by atoms with Crippen LogP contribution in [0.5, 0.6) is 0 Å². The topological polar surface area (TPSA) is 221 Å². The summed E-state index contributed by atoms with van der Waals surface area (Å²) < 4.78 is 106. The molecule has 0 saturated carbocycles. The molecule has 361 valence electrons. The number of hydrogen-bond acceptors (Lipinski definition) is 13. The van der Waals surface area contributed by atoms with Crippen LogP contribution in [-0.4, -0.2) is 112 Å². The number of carbonyl (C=O) groups is 2. The third kappa shape index (κ3) is 23.8. The van der Waals surface area contributed by atoms with Crippen LogP contribution < -0.4 is 16.4 Å². The summed E-state index contributed by atoms with van der Waals surface area (Å²) in [7, 11) is -5.51. The van der Waals surface area contributed by atoms with Crippen molar-refractivity contribution >= 4 is 65.8 Å². The van der Waals surface area contributed by atoms with Gasteiger partial charge in [-0.25, -0.2) is 53.8 Å². The van der Waals surface area contributed by atoms with E-state index in [9.17, 15) is 35.2 Å². The zero-order chi connectivity index (χ0) is 43.2. The standard InChI is InChI=1S/C18H23BrFN3O5S.C18H25FN4O5S.CH4.11Y/c1-17(2,3)28-16(24)21-15-22-18(12-9-11(19)5-6-13(12)20)7-8-27-10-14(18)29(25,26)23(15)4;1-17(2,3)28-16(24)21-15-22-18(12-9-11(20)5-6-13(12)19)7-8-27-10-14(18)29(25,26)23(15)4;;;;;;;;;;;;/h5-6,9,14H,7-8,10H2,1-4H3,(H,21,22,24);5-6,9,14H,7-8,10,20H2,1-4H3,(H,21,22,24);1H4;;;;;;;;;;;/t2*14?,18-;;;;;;;;;;;;/m11............/s1. The third-order valence-electron chi connectivity index (χ3n) is 9.63. The number of nitrogens with two attached hydrogens (primary N) is 1. The van der Waals surface area contributed by atoms with E-state index in [0.717, 1.165) is 8.61 Å². The van der Waals surface area contributed by atoms with Gasteiger partial charge in [-0.15, -0.1) is 0 Å². The number of halogens is 3. The van der Waals surface area contributed by atoms with Gasteiger partial charge in [0.2, 0.25) is 32.0 Å². The van der Waals surface area contributed by atoms with Crippen molar-refractivity contribution in [3.8, 4) is 0 Å². The van der Waals surface area contributed by atoms with Gasteiger partial charge in [-0.05, 0) is 77.9 Å². The Morgan fingerprint density at radius 3 is 1.34 bits per heavy atom. The first-order valence-corrected chi connectivity index (χ1v) is 21.9. The summed E-state index contributed by atoms with van der Waals surface area (Å²) in [6.45, 7) is 10.1. The zero-order valence-electron chi connectivity index (χ0n) is 39.6. The van der Waals surface area contributed by atoms with Crippen LogP contribution in [0.1, 0.15) is 72.9 Å². The van der Waals surface area contributed by atoms with Crippen molar-refractivity contribution in [1.29, 1.82) is 0 Å². The van der Waals surface area contributed by atoms with Gasteiger partial charge < -0.3 is 24.7 Å². The van der Waals surface area contributed by atoms with Crippen molar-refractivity contribution in [2.24, 2.45) is 9.98 Å². The first-order valence-electron chi connectivity index (χ1n) is 18.1. The smallest absolute Gasteiger partial charge is 0.414 e. The Hall–Kier alpha value is 8.02. The molecule has 0 aromatic heterocycles. The largest absolute Gasteiger partial charge is 0.444 e. The maximum Gasteiger partial charge on any atom is 0.414 e. The third-order valence-corrected chi connectivity index (χ3v) is 14.5. The van der Waals surface area contributed by atoms with Crippen molar-refractivity contribution in [2.75, 3.05) is 46.3 Å². The van der Waals surface area contributed by atoms with Gasteiger partial charge in [0.05, 0.1) is 13.2 Å². The van der Waals surface area contributed by atoms with Crippen LogP contribution in [0.25, 0.3) is 0 Å². The molecule has 11 radical (unpaired) electrons.